The van der Waals surface area contributed by atoms with E-state index in [2.05, 4.69) is 4.90 Å². The van der Waals surface area contributed by atoms with Gasteiger partial charge in [0.05, 0.1) is 12.0 Å². The summed E-state index contributed by atoms with van der Waals surface area (Å²) in [6.07, 6.45) is 4.05. The highest BCUT2D eigenvalue weighted by atomic mass is 16.5. The molecule has 16 heavy (non-hydrogen) atoms. The van der Waals surface area contributed by atoms with Gasteiger partial charge in [0.25, 0.3) is 0 Å². The minimum Gasteiger partial charge on any atom is -0.396 e. The van der Waals surface area contributed by atoms with E-state index < -0.39 is 0 Å². The summed E-state index contributed by atoms with van der Waals surface area (Å²) < 4.78 is 5.43. The van der Waals surface area contributed by atoms with Gasteiger partial charge in [0.1, 0.15) is 6.29 Å². The van der Waals surface area contributed by atoms with E-state index in [1.165, 1.54) is 0 Å². The molecule has 2 aliphatic heterocycles. The smallest absolute Gasteiger partial charge is 0.129 e. The van der Waals surface area contributed by atoms with Crippen LogP contribution in [0.5, 0.6) is 0 Å². The fraction of sp³-hybridized carbons (Fsp3) is 0.917. The molecular formula is C12H21NO3. The van der Waals surface area contributed by atoms with Gasteiger partial charge in [0.2, 0.25) is 0 Å². The van der Waals surface area contributed by atoms with Crippen LogP contribution < -0.4 is 0 Å². The molecule has 0 saturated carbocycles. The van der Waals surface area contributed by atoms with E-state index in [1.807, 2.05) is 0 Å². The Hall–Kier alpha value is -0.450. The van der Waals surface area contributed by atoms with Crippen molar-refractivity contribution in [2.45, 2.75) is 19.3 Å². The summed E-state index contributed by atoms with van der Waals surface area (Å²) >= 11 is 0. The average Bonchev–Trinajstić information content (AvgIpc) is 2.78. The number of nitrogens with zero attached hydrogens (tertiary/aromatic N) is 1. The maximum absolute atomic E-state index is 11.3. The summed E-state index contributed by atoms with van der Waals surface area (Å²) in [5.41, 5.74) is -0.289. The van der Waals surface area contributed by atoms with Gasteiger partial charge in [-0.2, -0.15) is 0 Å². The molecule has 0 aromatic rings. The van der Waals surface area contributed by atoms with Crippen LogP contribution in [0.1, 0.15) is 19.3 Å². The molecule has 2 saturated heterocycles. The lowest BCUT2D eigenvalue weighted by atomic mass is 9.83. The van der Waals surface area contributed by atoms with Gasteiger partial charge in [0.15, 0.2) is 0 Å². The van der Waals surface area contributed by atoms with Crippen molar-refractivity contribution in [3.63, 3.8) is 0 Å². The maximum atomic E-state index is 11.3. The van der Waals surface area contributed by atoms with E-state index in [-0.39, 0.29) is 12.0 Å². The molecule has 0 aliphatic carbocycles. The molecule has 0 spiro atoms. The van der Waals surface area contributed by atoms with E-state index in [0.717, 1.165) is 51.8 Å². The van der Waals surface area contributed by atoms with Gasteiger partial charge in [-0.1, -0.05) is 0 Å². The third kappa shape index (κ3) is 2.62. The van der Waals surface area contributed by atoms with Crippen LogP contribution in [-0.4, -0.2) is 55.7 Å². The number of hydrogen-bond acceptors (Lipinski definition) is 4. The molecule has 0 bridgehead atoms. The Morgan fingerprint density at radius 1 is 1.56 bits per heavy atom. The Morgan fingerprint density at radius 3 is 3.00 bits per heavy atom. The second-order valence-corrected chi connectivity index (χ2v) is 5.21. The largest absolute Gasteiger partial charge is 0.396 e. The summed E-state index contributed by atoms with van der Waals surface area (Å²) in [7, 11) is 0. The highest BCUT2D eigenvalue weighted by Gasteiger charge is 2.36. The van der Waals surface area contributed by atoms with Crippen molar-refractivity contribution in [1.29, 1.82) is 0 Å². The van der Waals surface area contributed by atoms with Crippen molar-refractivity contribution >= 4 is 6.29 Å². The molecule has 2 aliphatic rings. The molecule has 4 nitrogen and oxygen atoms in total. The van der Waals surface area contributed by atoms with Gasteiger partial charge in [-0.15, -0.1) is 0 Å². The van der Waals surface area contributed by atoms with Crippen molar-refractivity contribution in [2.24, 2.45) is 11.3 Å². The first kappa shape index (κ1) is 12.0. The maximum Gasteiger partial charge on any atom is 0.129 e. The second kappa shape index (κ2) is 5.25. The fourth-order valence-electron chi connectivity index (χ4n) is 2.78. The molecule has 1 N–H and O–H groups in total. The van der Waals surface area contributed by atoms with Crippen molar-refractivity contribution in [2.75, 3.05) is 39.5 Å². The fourth-order valence-corrected chi connectivity index (χ4v) is 2.78. The molecule has 2 unspecified atom stereocenters. The standard InChI is InChI=1S/C12H21NO3/c14-7-11-2-4-13(6-11)8-12(9-15)3-1-5-16-10-12/h9,11,14H,1-8,10H2. The predicted octanol–water partition coefficient (Wildman–Crippen LogP) is 0.296. The first-order chi connectivity index (χ1) is 7.78. The van der Waals surface area contributed by atoms with E-state index in [0.29, 0.717) is 12.5 Å². The van der Waals surface area contributed by atoms with Gasteiger partial charge in [0, 0.05) is 26.3 Å². The molecule has 0 amide bonds. The van der Waals surface area contributed by atoms with Gasteiger partial charge in [-0.3, -0.25) is 0 Å². The van der Waals surface area contributed by atoms with Crippen LogP contribution in [0.2, 0.25) is 0 Å². The number of carbonyl (C=O) groups excluding carboxylic acids is 1. The predicted molar refractivity (Wildman–Crippen MR) is 60.2 cm³/mol. The first-order valence-corrected chi connectivity index (χ1v) is 6.15. The van der Waals surface area contributed by atoms with Crippen LogP contribution in [0.4, 0.5) is 0 Å². The van der Waals surface area contributed by atoms with Crippen LogP contribution in [-0.2, 0) is 9.53 Å². The second-order valence-electron chi connectivity index (χ2n) is 5.21. The Morgan fingerprint density at radius 2 is 2.44 bits per heavy atom. The number of aldehydes is 1. The van der Waals surface area contributed by atoms with Gasteiger partial charge >= 0.3 is 0 Å². The minimum absolute atomic E-state index is 0.265. The quantitative estimate of drug-likeness (QED) is 0.702. The third-order valence-electron chi connectivity index (χ3n) is 3.77. The molecule has 2 heterocycles. The summed E-state index contributed by atoms with van der Waals surface area (Å²) in [5, 5.41) is 9.09. The monoisotopic (exact) mass is 227 g/mol. The lowest BCUT2D eigenvalue weighted by Crippen LogP contribution is -2.43. The van der Waals surface area contributed by atoms with Crippen LogP contribution in [0.15, 0.2) is 0 Å². The van der Waals surface area contributed by atoms with Crippen LogP contribution >= 0.6 is 0 Å². The Balaban J connectivity index is 1.89. The Labute approximate surface area is 96.6 Å². The molecule has 2 fully saturated rings. The number of carbonyl (C=O) groups is 1. The SMILES string of the molecule is O=CC1(CN2CCC(CO)C2)CCCOC1. The van der Waals surface area contributed by atoms with Gasteiger partial charge in [-0.05, 0) is 31.7 Å². The number of ether oxygens (including phenoxy) is 1. The molecule has 0 aromatic heterocycles. The lowest BCUT2D eigenvalue weighted by Gasteiger charge is -2.35. The molecule has 2 rings (SSSR count). The van der Waals surface area contributed by atoms with E-state index in [1.54, 1.807) is 0 Å². The molecule has 4 heteroatoms. The summed E-state index contributed by atoms with van der Waals surface area (Å²) in [4.78, 5) is 13.6. The zero-order valence-corrected chi connectivity index (χ0v) is 9.73. The molecule has 0 radical (unpaired) electrons. The average molecular weight is 227 g/mol. The minimum atomic E-state index is -0.289. The van der Waals surface area contributed by atoms with Crippen LogP contribution in [0, 0.1) is 11.3 Å². The molecule has 0 aromatic carbocycles. The van der Waals surface area contributed by atoms with Gasteiger partial charge < -0.3 is 19.5 Å². The highest BCUT2D eigenvalue weighted by molar-refractivity contribution is 5.60. The van der Waals surface area contributed by atoms with E-state index in [9.17, 15) is 4.79 Å². The molecule has 92 valence electrons. The third-order valence-corrected chi connectivity index (χ3v) is 3.77. The van der Waals surface area contributed by atoms with Crippen molar-refractivity contribution in [3.05, 3.63) is 0 Å². The van der Waals surface area contributed by atoms with E-state index >= 15 is 0 Å². The van der Waals surface area contributed by atoms with Gasteiger partial charge in [-0.25, -0.2) is 0 Å². The summed E-state index contributed by atoms with van der Waals surface area (Å²) in [5.74, 6) is 0.396. The summed E-state index contributed by atoms with van der Waals surface area (Å²) in [6.45, 7) is 4.34. The Kier molecular flexibility index (Phi) is 3.95. The topological polar surface area (TPSA) is 49.8 Å². The molecule has 2 atom stereocenters. The zero-order valence-electron chi connectivity index (χ0n) is 9.73. The van der Waals surface area contributed by atoms with Crippen LogP contribution in [0.25, 0.3) is 0 Å². The van der Waals surface area contributed by atoms with Crippen LogP contribution in [0.3, 0.4) is 0 Å². The van der Waals surface area contributed by atoms with Crippen molar-refractivity contribution < 1.29 is 14.6 Å². The number of hydrogen-bond donors (Lipinski definition) is 1. The molecular weight excluding hydrogens is 206 g/mol. The van der Waals surface area contributed by atoms with Crippen molar-refractivity contribution in [1.82, 2.24) is 4.90 Å². The number of aliphatic hydroxyl groups excluding tert-OH is 1. The lowest BCUT2D eigenvalue weighted by molar-refractivity contribution is -0.125. The number of likely N-dealkylation sites (tertiary alicyclic amines) is 1. The van der Waals surface area contributed by atoms with Crippen molar-refractivity contribution in [3.8, 4) is 0 Å². The first-order valence-electron chi connectivity index (χ1n) is 6.15. The number of aliphatic hydroxyl groups is 1. The van der Waals surface area contributed by atoms with E-state index in [4.69, 9.17) is 9.84 Å². The zero-order chi connectivity index (χ0) is 11.4. The number of rotatable bonds is 4. The summed E-state index contributed by atoms with van der Waals surface area (Å²) in [6, 6.07) is 0. The normalized spacial score (nSPS) is 36.4. The Bertz CT molecular complexity index is 238. The highest BCUT2D eigenvalue weighted by Crippen LogP contribution is 2.29.